The van der Waals surface area contributed by atoms with Crippen molar-refractivity contribution >= 4 is 33.5 Å². The number of hydrogen-bond acceptors (Lipinski definition) is 3. The van der Waals surface area contributed by atoms with Gasteiger partial charge < -0.3 is 10.3 Å². The van der Waals surface area contributed by atoms with Crippen LogP contribution in [-0.4, -0.2) is 20.4 Å². The maximum absolute atomic E-state index is 13.5. The first-order valence-electron chi connectivity index (χ1n) is 8.96. The number of carbonyl (C=O) groups is 1. The van der Waals surface area contributed by atoms with Crippen LogP contribution < -0.4 is 10.9 Å². The van der Waals surface area contributed by atoms with Crippen LogP contribution in [-0.2, 0) is 11.3 Å². The van der Waals surface area contributed by atoms with Crippen molar-refractivity contribution in [2.24, 2.45) is 0 Å². The largest absolute Gasteiger partial charge is 0.349 e. The second kappa shape index (κ2) is 6.92. The highest BCUT2D eigenvalue weighted by molar-refractivity contribution is 6.04. The van der Waals surface area contributed by atoms with Crippen molar-refractivity contribution in [3.63, 3.8) is 0 Å². The standard InChI is InChI=1S/C21H19FN4O2/c1-12-3-5-15(9-13(12)2)24-18(27)7-8-26-11-23-19-16-10-14(22)4-6-17(16)25-20(19)21(26)28/h3-6,9-11,25H,7-8H2,1-2H3,(H,24,27). The third kappa shape index (κ3) is 3.26. The first-order chi connectivity index (χ1) is 13.4. The summed E-state index contributed by atoms with van der Waals surface area (Å²) in [5.41, 5.74) is 4.06. The van der Waals surface area contributed by atoms with Gasteiger partial charge in [0, 0.05) is 29.6 Å². The molecular weight excluding hydrogens is 359 g/mol. The number of halogens is 1. The molecule has 0 fully saturated rings. The monoisotopic (exact) mass is 378 g/mol. The molecule has 1 amide bonds. The molecule has 0 aliphatic carbocycles. The molecule has 2 aromatic carbocycles. The minimum atomic E-state index is -0.387. The summed E-state index contributed by atoms with van der Waals surface area (Å²) in [7, 11) is 0. The number of carbonyl (C=O) groups excluding carboxylic acids is 1. The highest BCUT2D eigenvalue weighted by atomic mass is 19.1. The van der Waals surface area contributed by atoms with Gasteiger partial charge in [0.2, 0.25) is 5.91 Å². The fourth-order valence-electron chi connectivity index (χ4n) is 3.19. The lowest BCUT2D eigenvalue weighted by molar-refractivity contribution is -0.116. The summed E-state index contributed by atoms with van der Waals surface area (Å²) in [6.07, 6.45) is 1.53. The molecule has 0 unspecified atom stereocenters. The zero-order chi connectivity index (χ0) is 19.8. The van der Waals surface area contributed by atoms with Crippen LogP contribution in [0.15, 0.2) is 47.5 Å². The third-order valence-corrected chi connectivity index (χ3v) is 4.90. The van der Waals surface area contributed by atoms with Gasteiger partial charge in [-0.1, -0.05) is 6.07 Å². The highest BCUT2D eigenvalue weighted by Crippen LogP contribution is 2.22. The van der Waals surface area contributed by atoms with Crippen LogP contribution in [0.2, 0.25) is 0 Å². The topological polar surface area (TPSA) is 79.8 Å². The summed E-state index contributed by atoms with van der Waals surface area (Å²) in [6, 6.07) is 9.97. The van der Waals surface area contributed by atoms with Crippen molar-refractivity contribution in [2.75, 3.05) is 5.32 Å². The average molecular weight is 378 g/mol. The van der Waals surface area contributed by atoms with Crippen molar-refractivity contribution in [1.82, 2.24) is 14.5 Å². The van der Waals surface area contributed by atoms with E-state index in [0.717, 1.165) is 16.8 Å². The molecule has 0 aliphatic rings. The van der Waals surface area contributed by atoms with Gasteiger partial charge in [0.25, 0.3) is 5.56 Å². The number of amides is 1. The lowest BCUT2D eigenvalue weighted by Crippen LogP contribution is -2.23. The number of hydrogen-bond donors (Lipinski definition) is 2. The maximum Gasteiger partial charge on any atom is 0.277 e. The van der Waals surface area contributed by atoms with Crippen LogP contribution in [0, 0.1) is 19.7 Å². The Morgan fingerprint density at radius 1 is 1.18 bits per heavy atom. The van der Waals surface area contributed by atoms with E-state index < -0.39 is 0 Å². The van der Waals surface area contributed by atoms with Crippen LogP contribution in [0.4, 0.5) is 10.1 Å². The summed E-state index contributed by atoms with van der Waals surface area (Å²) >= 11 is 0. The Bertz CT molecular complexity index is 1270. The van der Waals surface area contributed by atoms with Crippen LogP contribution >= 0.6 is 0 Å². The predicted molar refractivity (Wildman–Crippen MR) is 107 cm³/mol. The van der Waals surface area contributed by atoms with Gasteiger partial charge in [-0.3, -0.25) is 14.2 Å². The fourth-order valence-corrected chi connectivity index (χ4v) is 3.19. The Labute approximate surface area is 160 Å². The second-order valence-electron chi connectivity index (χ2n) is 6.88. The zero-order valence-corrected chi connectivity index (χ0v) is 15.5. The predicted octanol–water partition coefficient (Wildman–Crippen LogP) is 3.66. The van der Waals surface area contributed by atoms with Crippen molar-refractivity contribution < 1.29 is 9.18 Å². The SMILES string of the molecule is Cc1ccc(NC(=O)CCn2cnc3c([nH]c4ccc(F)cc43)c2=O)cc1C. The number of aromatic amines is 1. The smallest absolute Gasteiger partial charge is 0.277 e. The molecule has 142 valence electrons. The van der Waals surface area contributed by atoms with E-state index in [-0.39, 0.29) is 30.2 Å². The van der Waals surface area contributed by atoms with E-state index >= 15 is 0 Å². The van der Waals surface area contributed by atoms with Crippen molar-refractivity contribution in [1.29, 1.82) is 0 Å². The van der Waals surface area contributed by atoms with Gasteiger partial charge in [-0.25, -0.2) is 9.37 Å². The summed E-state index contributed by atoms with van der Waals surface area (Å²) in [6.45, 7) is 4.19. The normalized spacial score (nSPS) is 11.2. The number of nitrogens with zero attached hydrogens (tertiary/aromatic N) is 2. The molecule has 0 bridgehead atoms. The number of benzene rings is 2. The van der Waals surface area contributed by atoms with Crippen molar-refractivity contribution in [2.45, 2.75) is 26.8 Å². The molecule has 0 spiro atoms. The molecule has 2 heterocycles. The Morgan fingerprint density at radius 2 is 2.00 bits per heavy atom. The minimum absolute atomic E-state index is 0.134. The first kappa shape index (κ1) is 17.9. The molecule has 0 saturated carbocycles. The molecule has 0 atom stereocenters. The number of rotatable bonds is 4. The van der Waals surface area contributed by atoms with Crippen molar-refractivity contribution in [3.05, 3.63) is 70.0 Å². The molecule has 4 aromatic rings. The van der Waals surface area contributed by atoms with Gasteiger partial charge in [-0.05, 0) is 55.3 Å². The number of H-pyrrole nitrogens is 1. The molecule has 0 aliphatic heterocycles. The number of anilines is 1. The van der Waals surface area contributed by atoms with Crippen molar-refractivity contribution in [3.8, 4) is 0 Å². The van der Waals surface area contributed by atoms with E-state index in [0.29, 0.717) is 21.9 Å². The van der Waals surface area contributed by atoms with E-state index in [2.05, 4.69) is 15.3 Å². The first-order valence-corrected chi connectivity index (χ1v) is 8.96. The lowest BCUT2D eigenvalue weighted by atomic mass is 10.1. The van der Waals surface area contributed by atoms with E-state index in [1.54, 1.807) is 6.07 Å². The van der Waals surface area contributed by atoms with Gasteiger partial charge in [0.15, 0.2) is 0 Å². The van der Waals surface area contributed by atoms with E-state index in [1.807, 2.05) is 32.0 Å². The summed E-state index contributed by atoms with van der Waals surface area (Å²) in [4.78, 5) is 32.2. The molecule has 0 radical (unpaired) electrons. The summed E-state index contributed by atoms with van der Waals surface area (Å²) in [5.74, 6) is -0.573. The summed E-state index contributed by atoms with van der Waals surface area (Å²) in [5, 5.41) is 3.40. The minimum Gasteiger partial charge on any atom is -0.349 e. The van der Waals surface area contributed by atoms with Crippen LogP contribution in [0.5, 0.6) is 0 Å². The van der Waals surface area contributed by atoms with Gasteiger partial charge >= 0.3 is 0 Å². The third-order valence-electron chi connectivity index (χ3n) is 4.90. The van der Waals surface area contributed by atoms with E-state index in [4.69, 9.17) is 0 Å². The van der Waals surface area contributed by atoms with Crippen LogP contribution in [0.1, 0.15) is 17.5 Å². The lowest BCUT2D eigenvalue weighted by Gasteiger charge is -2.08. The molecule has 6 nitrogen and oxygen atoms in total. The Hall–Kier alpha value is -3.48. The molecule has 2 aromatic heterocycles. The van der Waals surface area contributed by atoms with Crippen LogP contribution in [0.25, 0.3) is 21.9 Å². The van der Waals surface area contributed by atoms with E-state index in [1.165, 1.54) is 23.0 Å². The van der Waals surface area contributed by atoms with Crippen LogP contribution in [0.3, 0.4) is 0 Å². The Balaban J connectivity index is 1.54. The molecule has 2 N–H and O–H groups in total. The second-order valence-corrected chi connectivity index (χ2v) is 6.88. The fraction of sp³-hybridized carbons (Fsp3) is 0.190. The number of aryl methyl sites for hydroxylation is 3. The molecule has 28 heavy (non-hydrogen) atoms. The average Bonchev–Trinajstić information content (AvgIpc) is 3.03. The van der Waals surface area contributed by atoms with Gasteiger partial charge in [-0.2, -0.15) is 0 Å². The van der Waals surface area contributed by atoms with Gasteiger partial charge in [-0.15, -0.1) is 0 Å². The number of aromatic nitrogens is 3. The Morgan fingerprint density at radius 3 is 2.79 bits per heavy atom. The van der Waals surface area contributed by atoms with Gasteiger partial charge in [0.05, 0.1) is 6.33 Å². The molecular formula is C21H19FN4O2. The zero-order valence-electron chi connectivity index (χ0n) is 15.5. The molecule has 4 rings (SSSR count). The highest BCUT2D eigenvalue weighted by Gasteiger charge is 2.12. The quantitative estimate of drug-likeness (QED) is 0.569. The number of nitrogens with one attached hydrogen (secondary N) is 2. The number of fused-ring (bicyclic) bond motifs is 3. The maximum atomic E-state index is 13.5. The summed E-state index contributed by atoms with van der Waals surface area (Å²) < 4.78 is 14.9. The van der Waals surface area contributed by atoms with E-state index in [9.17, 15) is 14.0 Å². The molecule has 0 saturated heterocycles. The Kier molecular flexibility index (Phi) is 4.43. The molecule has 7 heteroatoms. The van der Waals surface area contributed by atoms with Gasteiger partial charge in [0.1, 0.15) is 16.9 Å².